The second kappa shape index (κ2) is 4.25. The summed E-state index contributed by atoms with van der Waals surface area (Å²) in [5, 5.41) is 11.3. The van der Waals surface area contributed by atoms with E-state index in [2.05, 4.69) is 27.9 Å². The van der Waals surface area contributed by atoms with Crippen LogP contribution in [0.5, 0.6) is 0 Å². The summed E-state index contributed by atoms with van der Waals surface area (Å²) in [5.41, 5.74) is 1.58. The van der Waals surface area contributed by atoms with Gasteiger partial charge in [0, 0.05) is 15.3 Å². The van der Waals surface area contributed by atoms with Crippen molar-refractivity contribution >= 4 is 40.2 Å². The van der Waals surface area contributed by atoms with Gasteiger partial charge in [-0.15, -0.1) is 0 Å². The van der Waals surface area contributed by atoms with Gasteiger partial charge in [0.25, 0.3) is 0 Å². The number of carboxylic acid groups (broad SMARTS) is 1. The molecular weight excluding hydrogens is 321 g/mol. The minimum absolute atomic E-state index is 0.186. The topological polar surface area (TPSA) is 66.4 Å². The van der Waals surface area contributed by atoms with Crippen molar-refractivity contribution < 1.29 is 14.7 Å². The summed E-state index contributed by atoms with van der Waals surface area (Å²) in [6.07, 6.45) is 2.40. The largest absolute Gasteiger partial charge is 0.478 e. The fourth-order valence-corrected chi connectivity index (χ4v) is 2.14. The zero-order valence-electron chi connectivity index (χ0n) is 8.11. The highest BCUT2D eigenvalue weighted by Crippen LogP contribution is 2.34. The van der Waals surface area contributed by atoms with Gasteiger partial charge in [0.1, 0.15) is 0 Å². The van der Waals surface area contributed by atoms with Crippen LogP contribution >= 0.6 is 22.6 Å². The Labute approximate surface area is 105 Å². The van der Waals surface area contributed by atoms with Crippen molar-refractivity contribution in [2.45, 2.75) is 5.92 Å². The molecule has 16 heavy (non-hydrogen) atoms. The first-order valence-corrected chi connectivity index (χ1v) is 5.67. The van der Waals surface area contributed by atoms with Gasteiger partial charge in [-0.2, -0.15) is 0 Å². The second-order valence-corrected chi connectivity index (χ2v) is 4.64. The molecule has 0 aromatic heterocycles. The van der Waals surface area contributed by atoms with Crippen LogP contribution in [0.15, 0.2) is 30.4 Å². The van der Waals surface area contributed by atoms with Gasteiger partial charge in [-0.05, 0) is 46.4 Å². The fraction of sp³-hybridized carbons (Fsp3) is 0.0909. The maximum absolute atomic E-state index is 11.6. The summed E-state index contributed by atoms with van der Waals surface area (Å²) >= 11 is 2.15. The van der Waals surface area contributed by atoms with E-state index in [4.69, 9.17) is 5.11 Å². The van der Waals surface area contributed by atoms with Crippen LogP contribution in [0.3, 0.4) is 0 Å². The van der Waals surface area contributed by atoms with E-state index < -0.39 is 11.9 Å². The minimum Gasteiger partial charge on any atom is -0.478 e. The van der Waals surface area contributed by atoms with E-state index in [-0.39, 0.29) is 5.91 Å². The van der Waals surface area contributed by atoms with Crippen LogP contribution in [-0.4, -0.2) is 17.0 Å². The molecule has 0 radical (unpaired) electrons. The Bertz CT molecular complexity index is 496. The highest BCUT2D eigenvalue weighted by atomic mass is 127. The number of benzene rings is 1. The maximum atomic E-state index is 11.6. The Hall–Kier alpha value is -1.37. The minimum atomic E-state index is -1.05. The highest BCUT2D eigenvalue weighted by molar-refractivity contribution is 14.1. The number of nitrogens with one attached hydrogen (secondary N) is 1. The Morgan fingerprint density at radius 3 is 2.94 bits per heavy atom. The average molecular weight is 329 g/mol. The molecule has 1 atom stereocenters. The summed E-state index contributed by atoms with van der Waals surface area (Å²) in [5.74, 6) is -1.73. The molecule has 0 saturated heterocycles. The molecule has 5 heteroatoms. The Kier molecular flexibility index (Phi) is 2.95. The Balaban J connectivity index is 2.38. The van der Waals surface area contributed by atoms with E-state index in [9.17, 15) is 9.59 Å². The smallest absolute Gasteiger partial charge is 0.328 e. The van der Waals surface area contributed by atoms with Crippen LogP contribution in [0.1, 0.15) is 11.5 Å². The van der Waals surface area contributed by atoms with Crippen molar-refractivity contribution in [1.82, 2.24) is 0 Å². The van der Waals surface area contributed by atoms with Gasteiger partial charge in [-0.3, -0.25) is 4.79 Å². The molecule has 1 unspecified atom stereocenters. The van der Waals surface area contributed by atoms with E-state index in [0.717, 1.165) is 20.9 Å². The number of hydrogen-bond donors (Lipinski definition) is 2. The lowest BCUT2D eigenvalue weighted by atomic mass is 10.0. The summed E-state index contributed by atoms with van der Waals surface area (Å²) in [6, 6.07) is 5.59. The molecule has 1 amide bonds. The van der Waals surface area contributed by atoms with Crippen LogP contribution in [-0.2, 0) is 9.59 Å². The number of halogens is 1. The van der Waals surface area contributed by atoms with Gasteiger partial charge in [0.2, 0.25) is 5.91 Å². The van der Waals surface area contributed by atoms with Gasteiger partial charge in [0.15, 0.2) is 0 Å². The van der Waals surface area contributed by atoms with Crippen molar-refractivity contribution in [3.63, 3.8) is 0 Å². The number of fused-ring (bicyclic) bond motifs is 1. The third-order valence-corrected chi connectivity index (χ3v) is 2.99. The van der Waals surface area contributed by atoms with Crippen LogP contribution in [0.4, 0.5) is 5.69 Å². The summed E-state index contributed by atoms with van der Waals surface area (Å²) in [7, 11) is 0. The third kappa shape index (κ3) is 2.08. The molecule has 0 saturated carbocycles. The van der Waals surface area contributed by atoms with Gasteiger partial charge in [-0.25, -0.2) is 4.79 Å². The normalized spacial score (nSPS) is 18.6. The Morgan fingerprint density at radius 2 is 2.25 bits per heavy atom. The van der Waals surface area contributed by atoms with Crippen molar-refractivity contribution in [2.24, 2.45) is 0 Å². The number of carbonyl (C=O) groups excluding carboxylic acids is 1. The number of hydrogen-bond acceptors (Lipinski definition) is 2. The van der Waals surface area contributed by atoms with E-state index in [0.29, 0.717) is 0 Å². The van der Waals surface area contributed by atoms with Crippen LogP contribution in [0, 0.1) is 3.57 Å². The number of amides is 1. The number of carbonyl (C=O) groups is 2. The van der Waals surface area contributed by atoms with Crippen LogP contribution in [0.25, 0.3) is 0 Å². The molecule has 82 valence electrons. The van der Waals surface area contributed by atoms with Gasteiger partial charge >= 0.3 is 5.97 Å². The van der Waals surface area contributed by atoms with Gasteiger partial charge < -0.3 is 10.4 Å². The summed E-state index contributed by atoms with van der Waals surface area (Å²) < 4.78 is 1.02. The summed E-state index contributed by atoms with van der Waals surface area (Å²) in [4.78, 5) is 22.0. The summed E-state index contributed by atoms with van der Waals surface area (Å²) in [6.45, 7) is 0. The predicted molar refractivity (Wildman–Crippen MR) is 67.3 cm³/mol. The molecule has 0 aliphatic carbocycles. The molecule has 2 N–H and O–H groups in total. The van der Waals surface area contributed by atoms with E-state index in [1.54, 1.807) is 0 Å². The van der Waals surface area contributed by atoms with Crippen molar-refractivity contribution in [2.75, 3.05) is 5.32 Å². The zero-order chi connectivity index (χ0) is 11.7. The van der Waals surface area contributed by atoms with Gasteiger partial charge in [-0.1, -0.05) is 6.08 Å². The molecule has 4 nitrogen and oxygen atoms in total. The monoisotopic (exact) mass is 329 g/mol. The Morgan fingerprint density at radius 1 is 1.50 bits per heavy atom. The van der Waals surface area contributed by atoms with E-state index in [1.165, 1.54) is 6.08 Å². The lowest BCUT2D eigenvalue weighted by molar-refractivity contribution is -0.131. The van der Waals surface area contributed by atoms with Crippen molar-refractivity contribution in [3.8, 4) is 0 Å². The first kappa shape index (κ1) is 11.1. The molecular formula is C11H8INO3. The SMILES string of the molecule is O=C(O)C=CC1C(=O)Nc2ccc(I)cc21. The molecule has 1 heterocycles. The molecule has 1 aliphatic rings. The molecule has 1 aromatic rings. The van der Waals surface area contributed by atoms with Gasteiger partial charge in [0.05, 0.1) is 5.92 Å². The number of rotatable bonds is 2. The second-order valence-electron chi connectivity index (χ2n) is 3.40. The number of aliphatic carboxylic acids is 1. The molecule has 0 fully saturated rings. The first-order valence-electron chi connectivity index (χ1n) is 4.59. The van der Waals surface area contributed by atoms with E-state index >= 15 is 0 Å². The molecule has 1 aromatic carbocycles. The molecule has 1 aliphatic heterocycles. The maximum Gasteiger partial charge on any atom is 0.328 e. The van der Waals surface area contributed by atoms with Crippen LogP contribution < -0.4 is 5.32 Å². The zero-order valence-corrected chi connectivity index (χ0v) is 10.3. The highest BCUT2D eigenvalue weighted by Gasteiger charge is 2.28. The number of anilines is 1. The molecule has 0 bridgehead atoms. The molecule has 2 rings (SSSR count). The average Bonchev–Trinajstić information content (AvgIpc) is 2.51. The van der Waals surface area contributed by atoms with Crippen LogP contribution in [0.2, 0.25) is 0 Å². The standard InChI is InChI=1S/C11H8INO3/c12-6-1-3-9-8(5-6)7(11(16)13-9)2-4-10(14)15/h1-5,7H,(H,13,16)(H,14,15). The van der Waals surface area contributed by atoms with Crippen molar-refractivity contribution in [3.05, 3.63) is 39.5 Å². The fourth-order valence-electron chi connectivity index (χ4n) is 1.63. The number of carboxylic acids is 1. The first-order chi connectivity index (χ1) is 7.58. The lowest BCUT2D eigenvalue weighted by Crippen LogP contribution is -2.10. The molecule has 0 spiro atoms. The lowest BCUT2D eigenvalue weighted by Gasteiger charge is -2.02. The van der Waals surface area contributed by atoms with Crippen molar-refractivity contribution in [1.29, 1.82) is 0 Å². The quantitative estimate of drug-likeness (QED) is 0.644. The predicted octanol–water partition coefficient (Wildman–Crippen LogP) is 1.97. The third-order valence-electron chi connectivity index (χ3n) is 2.32. The van der Waals surface area contributed by atoms with E-state index in [1.807, 2.05) is 18.2 Å².